The minimum absolute atomic E-state index is 0.0784. The van der Waals surface area contributed by atoms with Crippen molar-refractivity contribution in [2.45, 2.75) is 13.3 Å². The lowest BCUT2D eigenvalue weighted by Gasteiger charge is -2.29. The predicted octanol–water partition coefficient (Wildman–Crippen LogP) is 0.299. The Morgan fingerprint density at radius 1 is 1.80 bits per heavy atom. The number of rotatable bonds is 1. The molecule has 1 fully saturated rings. The van der Waals surface area contributed by atoms with E-state index in [2.05, 4.69) is 11.9 Å². The molecule has 0 spiro atoms. The Hall–Kier alpha value is -0.990. The molecule has 0 atom stereocenters. The molecular weight excluding hydrogens is 128 g/mol. The molecule has 0 unspecified atom stereocenters. The molecule has 0 radical (unpaired) electrons. The number of hydrogen-bond donors (Lipinski definition) is 1. The molecule has 0 aromatic rings. The molecule has 1 rings (SSSR count). The second-order valence-electron chi connectivity index (χ2n) is 2.32. The van der Waals surface area contributed by atoms with Crippen LogP contribution in [0.4, 0.5) is 0 Å². The molecular formula is C7H12N2O. The van der Waals surface area contributed by atoms with Crippen LogP contribution in [0.15, 0.2) is 12.4 Å². The number of carbonyl (C=O) groups is 1. The van der Waals surface area contributed by atoms with Gasteiger partial charge in [-0.1, -0.05) is 6.58 Å². The molecule has 10 heavy (non-hydrogen) atoms. The molecule has 1 heterocycles. The fraction of sp³-hybridized carbons (Fsp3) is 0.571. The van der Waals surface area contributed by atoms with Crippen molar-refractivity contribution < 1.29 is 4.79 Å². The largest absolute Gasteiger partial charge is 0.358 e. The molecule has 0 aromatic carbocycles. The maximum atomic E-state index is 10.7. The summed E-state index contributed by atoms with van der Waals surface area (Å²) in [6, 6.07) is 0. The third kappa shape index (κ3) is 1.29. The molecule has 0 bridgehead atoms. The van der Waals surface area contributed by atoms with Crippen molar-refractivity contribution in [3.8, 4) is 0 Å². The van der Waals surface area contributed by atoms with E-state index >= 15 is 0 Å². The van der Waals surface area contributed by atoms with Gasteiger partial charge in [0.1, 0.15) is 5.82 Å². The first-order chi connectivity index (χ1) is 4.74. The van der Waals surface area contributed by atoms with Crippen molar-refractivity contribution in [1.82, 2.24) is 10.2 Å². The third-order valence-electron chi connectivity index (χ3n) is 1.66. The third-order valence-corrected chi connectivity index (χ3v) is 1.66. The van der Waals surface area contributed by atoms with Crippen molar-refractivity contribution in [3.05, 3.63) is 12.4 Å². The Bertz CT molecular complexity index is 165. The fourth-order valence-electron chi connectivity index (χ4n) is 1.02. The zero-order valence-corrected chi connectivity index (χ0v) is 6.18. The molecule has 3 heteroatoms. The molecule has 3 nitrogen and oxygen atoms in total. The number of hydrogen-bond acceptors (Lipinski definition) is 2. The second-order valence-corrected chi connectivity index (χ2v) is 2.32. The Kier molecular flexibility index (Phi) is 1.94. The molecule has 0 aromatic heterocycles. The van der Waals surface area contributed by atoms with E-state index in [1.54, 1.807) is 0 Å². The predicted molar refractivity (Wildman–Crippen MR) is 39.1 cm³/mol. The SMILES string of the molecule is C=C1NC(=O)CCN1CC. The maximum absolute atomic E-state index is 10.7. The van der Waals surface area contributed by atoms with Gasteiger partial charge in [-0.15, -0.1) is 0 Å². The normalized spacial score (nSPS) is 19.1. The van der Waals surface area contributed by atoms with Gasteiger partial charge in [-0.2, -0.15) is 0 Å². The zero-order valence-electron chi connectivity index (χ0n) is 6.18. The van der Waals surface area contributed by atoms with Crippen LogP contribution in [0.3, 0.4) is 0 Å². The minimum Gasteiger partial charge on any atom is -0.358 e. The number of amides is 1. The van der Waals surface area contributed by atoms with Gasteiger partial charge in [0.05, 0.1) is 0 Å². The quantitative estimate of drug-likeness (QED) is 0.568. The Morgan fingerprint density at radius 3 is 3.00 bits per heavy atom. The second kappa shape index (κ2) is 2.73. The summed E-state index contributed by atoms with van der Waals surface area (Å²) in [6.45, 7) is 7.48. The standard InChI is InChI=1S/C7H12N2O/c1-3-9-5-4-7(10)8-6(9)2/h2-5H2,1H3,(H,8,10). The van der Waals surface area contributed by atoms with Crippen molar-refractivity contribution >= 4 is 5.91 Å². The molecule has 1 N–H and O–H groups in total. The fourth-order valence-corrected chi connectivity index (χ4v) is 1.02. The molecule has 1 amide bonds. The number of nitrogens with one attached hydrogen (secondary N) is 1. The number of nitrogens with zero attached hydrogens (tertiary/aromatic N) is 1. The monoisotopic (exact) mass is 140 g/mol. The van der Waals surface area contributed by atoms with Gasteiger partial charge in [0.15, 0.2) is 0 Å². The molecule has 1 aliphatic heterocycles. The average Bonchev–Trinajstić information content (AvgIpc) is 1.88. The van der Waals surface area contributed by atoms with Gasteiger partial charge >= 0.3 is 0 Å². The summed E-state index contributed by atoms with van der Waals surface area (Å²) in [4.78, 5) is 12.8. The van der Waals surface area contributed by atoms with Crippen LogP contribution in [-0.4, -0.2) is 23.9 Å². The van der Waals surface area contributed by atoms with Crippen molar-refractivity contribution in [2.24, 2.45) is 0 Å². The van der Waals surface area contributed by atoms with Gasteiger partial charge in [-0.05, 0) is 6.92 Å². The lowest BCUT2D eigenvalue weighted by atomic mass is 10.3. The van der Waals surface area contributed by atoms with Crippen LogP contribution < -0.4 is 5.32 Å². The topological polar surface area (TPSA) is 32.3 Å². The van der Waals surface area contributed by atoms with Crippen molar-refractivity contribution in [1.29, 1.82) is 0 Å². The zero-order chi connectivity index (χ0) is 7.56. The van der Waals surface area contributed by atoms with Crippen LogP contribution in [0.2, 0.25) is 0 Å². The minimum atomic E-state index is 0.0784. The first kappa shape index (κ1) is 7.12. The smallest absolute Gasteiger partial charge is 0.227 e. The van der Waals surface area contributed by atoms with Crippen LogP contribution in [0.1, 0.15) is 13.3 Å². The highest BCUT2D eigenvalue weighted by Gasteiger charge is 2.15. The first-order valence-corrected chi connectivity index (χ1v) is 3.47. The van der Waals surface area contributed by atoms with Crippen LogP contribution in [0.5, 0.6) is 0 Å². The number of carbonyl (C=O) groups excluding carboxylic acids is 1. The Morgan fingerprint density at radius 2 is 2.50 bits per heavy atom. The highest BCUT2D eigenvalue weighted by Crippen LogP contribution is 2.04. The summed E-state index contributed by atoms with van der Waals surface area (Å²) in [5, 5.41) is 2.67. The Labute approximate surface area is 60.7 Å². The van der Waals surface area contributed by atoms with Gasteiger partial charge < -0.3 is 10.2 Å². The van der Waals surface area contributed by atoms with E-state index < -0.39 is 0 Å². The highest BCUT2D eigenvalue weighted by molar-refractivity contribution is 5.78. The Balaban J connectivity index is 2.51. The summed E-state index contributed by atoms with van der Waals surface area (Å²) in [7, 11) is 0. The van der Waals surface area contributed by atoms with Gasteiger partial charge in [0, 0.05) is 19.5 Å². The molecule has 56 valence electrons. The van der Waals surface area contributed by atoms with Gasteiger partial charge in [-0.3, -0.25) is 4.79 Å². The van der Waals surface area contributed by atoms with E-state index in [9.17, 15) is 4.79 Å². The van der Waals surface area contributed by atoms with E-state index in [1.165, 1.54) is 0 Å². The maximum Gasteiger partial charge on any atom is 0.227 e. The van der Waals surface area contributed by atoms with Crippen LogP contribution in [0.25, 0.3) is 0 Å². The van der Waals surface area contributed by atoms with Crippen LogP contribution in [-0.2, 0) is 4.79 Å². The van der Waals surface area contributed by atoms with Crippen molar-refractivity contribution in [3.63, 3.8) is 0 Å². The highest BCUT2D eigenvalue weighted by atomic mass is 16.1. The lowest BCUT2D eigenvalue weighted by Crippen LogP contribution is -2.41. The summed E-state index contributed by atoms with van der Waals surface area (Å²) in [5.74, 6) is 0.813. The van der Waals surface area contributed by atoms with E-state index in [1.807, 2.05) is 11.8 Å². The van der Waals surface area contributed by atoms with Crippen LogP contribution >= 0.6 is 0 Å². The van der Waals surface area contributed by atoms with Crippen LogP contribution in [0, 0.1) is 0 Å². The molecule has 1 saturated heterocycles. The average molecular weight is 140 g/mol. The van der Waals surface area contributed by atoms with Gasteiger partial charge in [0.25, 0.3) is 0 Å². The molecule has 0 saturated carbocycles. The summed E-state index contributed by atoms with van der Waals surface area (Å²) in [5.41, 5.74) is 0. The molecule has 1 aliphatic rings. The first-order valence-electron chi connectivity index (χ1n) is 3.47. The van der Waals surface area contributed by atoms with Gasteiger partial charge in [-0.25, -0.2) is 0 Å². The summed E-state index contributed by atoms with van der Waals surface area (Å²) >= 11 is 0. The van der Waals surface area contributed by atoms with E-state index in [0.29, 0.717) is 6.42 Å². The summed E-state index contributed by atoms with van der Waals surface area (Å²) in [6.07, 6.45) is 0.590. The van der Waals surface area contributed by atoms with E-state index in [0.717, 1.165) is 18.9 Å². The lowest BCUT2D eigenvalue weighted by molar-refractivity contribution is -0.122. The van der Waals surface area contributed by atoms with Gasteiger partial charge in [0.2, 0.25) is 5.91 Å². The van der Waals surface area contributed by atoms with E-state index in [4.69, 9.17) is 0 Å². The molecule has 0 aliphatic carbocycles. The summed E-state index contributed by atoms with van der Waals surface area (Å²) < 4.78 is 0. The van der Waals surface area contributed by atoms with E-state index in [-0.39, 0.29) is 5.91 Å². The van der Waals surface area contributed by atoms with Crippen molar-refractivity contribution in [2.75, 3.05) is 13.1 Å².